The Bertz CT molecular complexity index is 9.61. The third-order valence-corrected chi connectivity index (χ3v) is 0. The van der Waals surface area contributed by atoms with Crippen molar-refractivity contribution in [1.29, 1.82) is 0 Å². The van der Waals surface area contributed by atoms with E-state index in [2.05, 4.69) is 42.4 Å². The predicted molar refractivity (Wildman–Crippen MR) is 48.3 cm³/mol. The molecule has 0 bridgehead atoms. The molecule has 5 heteroatoms. The van der Waals surface area contributed by atoms with Gasteiger partial charge in [0.05, 0.1) is 0 Å². The van der Waals surface area contributed by atoms with Gasteiger partial charge in [-0.1, -0.05) is 0 Å². The second-order valence-corrected chi connectivity index (χ2v) is 7.87. The molecule has 0 fully saturated rings. The molecular formula is I2LiPS. The molecule has 0 aliphatic heterocycles. The number of halogens is 2. The van der Waals surface area contributed by atoms with Crippen LogP contribution in [-0.4, -0.2) is 18.9 Å². The summed E-state index contributed by atoms with van der Waals surface area (Å²) < 4.78 is 0. The number of rotatable bonds is 0. The summed E-state index contributed by atoms with van der Waals surface area (Å²) in [7, 11) is 0. The van der Waals surface area contributed by atoms with E-state index in [9.17, 15) is 0 Å². The van der Waals surface area contributed by atoms with Gasteiger partial charge in [0.15, 0.2) is 0 Å². The van der Waals surface area contributed by atoms with E-state index in [1.165, 1.54) is 0 Å². The van der Waals surface area contributed by atoms with Gasteiger partial charge in [0.25, 0.3) is 0 Å². The Labute approximate surface area is 76.0 Å². The van der Waals surface area contributed by atoms with Gasteiger partial charge in [-0.25, -0.2) is 0 Å². The monoisotopic (exact) mass is 324 g/mol. The van der Waals surface area contributed by atoms with Gasteiger partial charge in [0, 0.05) is 71.2 Å². The van der Waals surface area contributed by atoms with Gasteiger partial charge < -0.3 is 0 Å². The Hall–Kier alpha value is 2.84. The summed E-state index contributed by atoms with van der Waals surface area (Å²) in [5, 5.41) is 0. The summed E-state index contributed by atoms with van der Waals surface area (Å²) in [4.78, 5) is 0. The average molecular weight is 324 g/mol. The van der Waals surface area contributed by atoms with E-state index in [0.717, 1.165) is 0 Å². The maximum atomic E-state index is 2.19. The fraction of sp³-hybridized carbons (Fsp3) is 0. The van der Waals surface area contributed by atoms with Crippen molar-refractivity contribution in [3.8, 4) is 0 Å². The molecule has 0 saturated heterocycles. The third-order valence-electron chi connectivity index (χ3n) is 0. The van der Waals surface area contributed by atoms with Gasteiger partial charge in [-0.2, -0.15) is 0 Å². The molecule has 0 nitrogen and oxygen atoms in total. The van der Waals surface area contributed by atoms with Crippen LogP contribution in [0.2, 0.25) is 0 Å². The summed E-state index contributed by atoms with van der Waals surface area (Å²) >= 11 is 4.38. The molecule has 0 unspecified atom stereocenters. The van der Waals surface area contributed by atoms with Gasteiger partial charge >= 0.3 is 0 Å². The van der Waals surface area contributed by atoms with Gasteiger partial charge in [-0.3, -0.25) is 0 Å². The van der Waals surface area contributed by atoms with Gasteiger partial charge in [0.1, 0.15) is 0 Å². The zero-order chi connectivity index (χ0) is 2.71. The van der Waals surface area contributed by atoms with Crippen LogP contribution in [0.15, 0.2) is 0 Å². The summed E-state index contributed by atoms with van der Waals surface area (Å²) in [5.41, 5.74) is 0. The molecule has 0 N–H and O–H groups in total. The van der Waals surface area contributed by atoms with Gasteiger partial charge in [-0.05, 0) is 6.10 Å². The Morgan fingerprint density at radius 3 is 1.20 bits per heavy atom. The van der Waals surface area contributed by atoms with E-state index in [4.69, 9.17) is 0 Å². The zero-order valence-corrected chi connectivity index (χ0v) is 8.64. The minimum absolute atomic E-state index is 0. The molecule has 5 heavy (non-hydrogen) atoms. The normalized spacial score (nSPS) is 3.60. The van der Waals surface area contributed by atoms with E-state index in [1.807, 2.05) is 0 Å². The molecule has 0 spiro atoms. The summed E-state index contributed by atoms with van der Waals surface area (Å²) in [5.74, 6) is 0. The summed E-state index contributed by atoms with van der Waals surface area (Å²) in [6.45, 7) is 0. The van der Waals surface area contributed by atoms with Crippen molar-refractivity contribution in [1.82, 2.24) is 0 Å². The van der Waals surface area contributed by atoms with E-state index in [0.29, 0.717) is 0 Å². The van der Waals surface area contributed by atoms with Gasteiger partial charge in [0.2, 0.25) is 0 Å². The molecule has 0 aliphatic rings. The summed E-state index contributed by atoms with van der Waals surface area (Å²) in [6, 6.07) is 0. The molecule has 26 valence electrons. The number of hydrogen-bond acceptors (Lipinski definition) is 1. The fourth-order valence-corrected chi connectivity index (χ4v) is 0. The van der Waals surface area contributed by atoms with Crippen LogP contribution in [0, 0.1) is 0 Å². The van der Waals surface area contributed by atoms with Crippen LogP contribution < -0.4 is 0 Å². The molecule has 0 aromatic carbocycles. The Kier molecular flexibility index (Phi) is 49.5. The largest absolute Gasteiger partial charge is 0.0158 e. The molecule has 0 rings (SSSR count). The Morgan fingerprint density at radius 1 is 1.20 bits per heavy atom. The topological polar surface area (TPSA) is 0 Å². The average Bonchev–Trinajstić information content (AvgIpc) is 0.918. The molecule has 0 heterocycles. The van der Waals surface area contributed by atoms with Crippen LogP contribution in [-0.2, 0) is 0 Å². The van der Waals surface area contributed by atoms with Crippen molar-refractivity contribution in [3.63, 3.8) is 0 Å². The Morgan fingerprint density at radius 2 is 1.20 bits per heavy atom. The van der Waals surface area contributed by atoms with E-state index >= 15 is 0 Å². The quantitative estimate of drug-likeness (QED) is 0.375. The van der Waals surface area contributed by atoms with Crippen LogP contribution >= 0.6 is 58.4 Å². The maximum absolute atomic E-state index is 2.19. The molecule has 0 aliphatic carbocycles. The van der Waals surface area contributed by atoms with Crippen molar-refractivity contribution in [3.05, 3.63) is 0 Å². The van der Waals surface area contributed by atoms with Crippen molar-refractivity contribution in [2.24, 2.45) is 0 Å². The van der Waals surface area contributed by atoms with Crippen LogP contribution in [0.5, 0.6) is 0 Å². The predicted octanol–water partition coefficient (Wildman–Crippen LogP) is 2.90. The van der Waals surface area contributed by atoms with Crippen LogP contribution in [0.1, 0.15) is 0 Å². The first-order valence-corrected chi connectivity index (χ1v) is 6.21. The van der Waals surface area contributed by atoms with E-state index < -0.39 is 0 Å². The molecule has 4 radical (unpaired) electrons. The first-order chi connectivity index (χ1) is 1.41. The van der Waals surface area contributed by atoms with E-state index in [1.54, 1.807) is 6.10 Å². The Balaban J connectivity index is -0.0000000200. The third kappa shape index (κ3) is 19.9. The second-order valence-electron chi connectivity index (χ2n) is 0.0583. The second kappa shape index (κ2) is 15.8. The zero-order valence-electron chi connectivity index (χ0n) is 2.61. The summed E-state index contributed by atoms with van der Waals surface area (Å²) in [6.07, 6.45) is 1.69. The van der Waals surface area contributed by atoms with Crippen molar-refractivity contribution < 1.29 is 0 Å². The van der Waals surface area contributed by atoms with Crippen molar-refractivity contribution >= 4 is 77.3 Å². The van der Waals surface area contributed by atoms with Crippen LogP contribution in [0.4, 0.5) is 0 Å². The smallest absolute Gasteiger partial charge is 0.00791 e. The molecule has 0 amide bonds. The SMILES string of the molecule is ISI.[Li].[P]. The fourth-order valence-electron chi connectivity index (χ4n) is 0. The minimum Gasteiger partial charge on any atom is -0.0158 e. The van der Waals surface area contributed by atoms with Crippen LogP contribution in [0.3, 0.4) is 0 Å². The van der Waals surface area contributed by atoms with Crippen LogP contribution in [0.25, 0.3) is 0 Å². The number of hydrogen-bond donors (Lipinski definition) is 0. The van der Waals surface area contributed by atoms with Crippen molar-refractivity contribution in [2.45, 2.75) is 0 Å². The standard InChI is InChI=1S/I2S.Li.P/c1-3-2;;. The molecule has 0 aromatic heterocycles. The molecule has 0 atom stereocenters. The minimum atomic E-state index is 0. The molecule has 0 saturated carbocycles. The molecule has 0 aromatic rings. The first kappa shape index (κ1) is 15.7. The maximum Gasteiger partial charge on any atom is 0.00791 e. The van der Waals surface area contributed by atoms with Gasteiger partial charge in [-0.15, -0.1) is 0 Å². The van der Waals surface area contributed by atoms with E-state index in [-0.39, 0.29) is 28.8 Å². The van der Waals surface area contributed by atoms with Crippen molar-refractivity contribution in [2.75, 3.05) is 0 Å². The first-order valence-electron chi connectivity index (χ1n) is 0.309. The molecular weight excluding hydrogens is 324 g/mol.